The van der Waals surface area contributed by atoms with Crippen LogP contribution in [0.15, 0.2) is 47.3 Å². The molecule has 0 aliphatic rings. The zero-order valence-electron chi connectivity index (χ0n) is 9.96. The molecule has 3 rings (SSSR count). The van der Waals surface area contributed by atoms with Crippen LogP contribution in [0.3, 0.4) is 0 Å². The average Bonchev–Trinajstić information content (AvgIpc) is 2.97. The molecule has 100 valence electrons. The third-order valence-corrected chi connectivity index (χ3v) is 2.66. The fraction of sp³-hybridized carbons (Fsp3) is 0. The normalized spacial score (nSPS) is 10.5. The first kappa shape index (κ1) is 12.6. The second-order valence-electron chi connectivity index (χ2n) is 3.81. The van der Waals surface area contributed by atoms with E-state index in [2.05, 4.69) is 15.2 Å². The van der Waals surface area contributed by atoms with Crippen LogP contribution in [-0.4, -0.2) is 15.2 Å². The fourth-order valence-corrected chi connectivity index (χ4v) is 1.70. The summed E-state index contributed by atoms with van der Waals surface area (Å²) in [6.07, 6.45) is 2.56. The number of pyridine rings is 1. The number of hydrogen-bond donors (Lipinski definition) is 0. The van der Waals surface area contributed by atoms with Gasteiger partial charge >= 0.3 is 0 Å². The molecule has 3 aromatic rings. The van der Waals surface area contributed by atoms with Gasteiger partial charge in [0.1, 0.15) is 5.75 Å². The molecule has 2 aromatic heterocycles. The van der Waals surface area contributed by atoms with Gasteiger partial charge in [0, 0.05) is 11.8 Å². The van der Waals surface area contributed by atoms with Crippen LogP contribution in [0.1, 0.15) is 0 Å². The van der Waals surface area contributed by atoms with Gasteiger partial charge in [-0.3, -0.25) is 0 Å². The van der Waals surface area contributed by atoms with Crippen molar-refractivity contribution in [1.29, 1.82) is 0 Å². The lowest BCUT2D eigenvalue weighted by molar-refractivity contribution is 0.423. The molecule has 0 amide bonds. The molecule has 20 heavy (non-hydrogen) atoms. The molecular formula is C13H7ClFN3O2. The van der Waals surface area contributed by atoms with E-state index in [1.165, 1.54) is 12.6 Å². The quantitative estimate of drug-likeness (QED) is 0.736. The standard InChI is InChI=1S/C13H7ClFN3O2/c14-9-5-11(15)13(16-6-9)20-10-3-1-8(2-4-10)12-18-17-7-19-12/h1-7H. The molecule has 5 nitrogen and oxygen atoms in total. The van der Waals surface area contributed by atoms with E-state index in [4.69, 9.17) is 20.8 Å². The summed E-state index contributed by atoms with van der Waals surface area (Å²) in [5.41, 5.74) is 0.736. The van der Waals surface area contributed by atoms with Crippen LogP contribution in [0.2, 0.25) is 5.02 Å². The third-order valence-electron chi connectivity index (χ3n) is 2.45. The molecule has 0 fully saturated rings. The molecule has 0 aliphatic carbocycles. The van der Waals surface area contributed by atoms with Crippen LogP contribution in [0.25, 0.3) is 11.5 Å². The summed E-state index contributed by atoms with van der Waals surface area (Å²) >= 11 is 5.62. The number of ether oxygens (including phenoxy) is 1. The molecule has 7 heteroatoms. The Labute approximate surface area is 118 Å². The Morgan fingerprint density at radius 2 is 2.00 bits per heavy atom. The van der Waals surface area contributed by atoms with Gasteiger partial charge < -0.3 is 9.15 Å². The highest BCUT2D eigenvalue weighted by Gasteiger charge is 2.08. The summed E-state index contributed by atoms with van der Waals surface area (Å²) in [4.78, 5) is 3.78. The molecule has 0 aliphatic heterocycles. The number of halogens is 2. The SMILES string of the molecule is Fc1cc(Cl)cnc1Oc1ccc(-c2nnco2)cc1. The Balaban J connectivity index is 1.81. The Kier molecular flexibility index (Phi) is 3.30. The first-order valence-electron chi connectivity index (χ1n) is 5.58. The van der Waals surface area contributed by atoms with Crippen molar-refractivity contribution in [3.63, 3.8) is 0 Å². The summed E-state index contributed by atoms with van der Waals surface area (Å²) in [6, 6.07) is 7.87. The molecule has 0 spiro atoms. The summed E-state index contributed by atoms with van der Waals surface area (Å²) < 4.78 is 23.9. The Bertz CT molecular complexity index is 717. The number of aromatic nitrogens is 3. The minimum absolute atomic E-state index is 0.139. The van der Waals surface area contributed by atoms with E-state index in [1.54, 1.807) is 24.3 Å². The van der Waals surface area contributed by atoms with E-state index in [9.17, 15) is 4.39 Å². The summed E-state index contributed by atoms with van der Waals surface area (Å²) in [5.74, 6) is 0.0627. The number of hydrogen-bond acceptors (Lipinski definition) is 5. The number of nitrogens with zero attached hydrogens (tertiary/aromatic N) is 3. The van der Waals surface area contributed by atoms with Gasteiger partial charge in [-0.25, -0.2) is 9.37 Å². The van der Waals surface area contributed by atoms with Gasteiger partial charge in [0.25, 0.3) is 5.88 Å². The molecule has 0 saturated carbocycles. The average molecular weight is 292 g/mol. The van der Waals surface area contributed by atoms with Crippen molar-refractivity contribution in [2.75, 3.05) is 0 Å². The molecule has 0 N–H and O–H groups in total. The Morgan fingerprint density at radius 1 is 1.20 bits per heavy atom. The number of rotatable bonds is 3. The highest BCUT2D eigenvalue weighted by molar-refractivity contribution is 6.30. The van der Waals surface area contributed by atoms with Gasteiger partial charge in [0.05, 0.1) is 5.02 Å². The third kappa shape index (κ3) is 2.60. The minimum Gasteiger partial charge on any atom is -0.436 e. The predicted octanol–water partition coefficient (Wildman–Crippen LogP) is 3.72. The van der Waals surface area contributed by atoms with Crippen molar-refractivity contribution < 1.29 is 13.5 Å². The maximum absolute atomic E-state index is 13.5. The van der Waals surface area contributed by atoms with Crippen molar-refractivity contribution in [3.05, 3.63) is 53.8 Å². The maximum Gasteiger partial charge on any atom is 0.255 e. The van der Waals surface area contributed by atoms with Gasteiger partial charge in [0.15, 0.2) is 5.82 Å². The lowest BCUT2D eigenvalue weighted by Crippen LogP contribution is -1.91. The molecule has 1 aromatic carbocycles. The van der Waals surface area contributed by atoms with E-state index in [0.717, 1.165) is 11.6 Å². The molecule has 0 bridgehead atoms. The first-order valence-corrected chi connectivity index (χ1v) is 5.96. The molecular weight excluding hydrogens is 285 g/mol. The molecule has 0 saturated heterocycles. The second-order valence-corrected chi connectivity index (χ2v) is 4.25. The molecule has 0 unspecified atom stereocenters. The molecule has 2 heterocycles. The van der Waals surface area contributed by atoms with Crippen LogP contribution in [0.5, 0.6) is 11.6 Å². The van der Waals surface area contributed by atoms with E-state index < -0.39 is 5.82 Å². The molecule has 0 atom stereocenters. The maximum atomic E-state index is 13.5. The highest BCUT2D eigenvalue weighted by Crippen LogP contribution is 2.26. The van der Waals surface area contributed by atoms with E-state index in [1.807, 2.05) is 0 Å². The summed E-state index contributed by atoms with van der Waals surface area (Å²) in [5, 5.41) is 7.58. The van der Waals surface area contributed by atoms with E-state index >= 15 is 0 Å². The van der Waals surface area contributed by atoms with Gasteiger partial charge in [-0.05, 0) is 30.3 Å². The van der Waals surface area contributed by atoms with Gasteiger partial charge in [0.2, 0.25) is 12.3 Å². The monoisotopic (exact) mass is 291 g/mol. The van der Waals surface area contributed by atoms with Crippen molar-refractivity contribution in [2.24, 2.45) is 0 Å². The summed E-state index contributed by atoms with van der Waals surface area (Å²) in [6.45, 7) is 0. The molecule has 0 radical (unpaired) electrons. The van der Waals surface area contributed by atoms with Crippen LogP contribution >= 0.6 is 11.6 Å². The van der Waals surface area contributed by atoms with Crippen molar-refractivity contribution in [1.82, 2.24) is 15.2 Å². The van der Waals surface area contributed by atoms with Crippen LogP contribution < -0.4 is 4.74 Å². The summed E-state index contributed by atoms with van der Waals surface area (Å²) in [7, 11) is 0. The van der Waals surface area contributed by atoms with E-state index in [0.29, 0.717) is 11.6 Å². The first-order chi connectivity index (χ1) is 9.72. The van der Waals surface area contributed by atoms with Gasteiger partial charge in [-0.1, -0.05) is 11.6 Å². The zero-order valence-corrected chi connectivity index (χ0v) is 10.7. The smallest absolute Gasteiger partial charge is 0.255 e. The van der Waals surface area contributed by atoms with Gasteiger partial charge in [-0.15, -0.1) is 10.2 Å². The zero-order chi connectivity index (χ0) is 13.9. The minimum atomic E-state index is -0.626. The predicted molar refractivity (Wildman–Crippen MR) is 69.0 cm³/mol. The largest absolute Gasteiger partial charge is 0.436 e. The van der Waals surface area contributed by atoms with Gasteiger partial charge in [-0.2, -0.15) is 0 Å². The van der Waals surface area contributed by atoms with E-state index in [-0.39, 0.29) is 10.9 Å². The lowest BCUT2D eigenvalue weighted by Gasteiger charge is -2.05. The van der Waals surface area contributed by atoms with Crippen LogP contribution in [0.4, 0.5) is 4.39 Å². The highest BCUT2D eigenvalue weighted by atomic mass is 35.5. The van der Waals surface area contributed by atoms with Crippen molar-refractivity contribution in [2.45, 2.75) is 0 Å². The topological polar surface area (TPSA) is 61.0 Å². The van der Waals surface area contributed by atoms with Crippen LogP contribution in [0, 0.1) is 5.82 Å². The second kappa shape index (κ2) is 5.26. The number of benzene rings is 1. The Hall–Kier alpha value is -2.47. The Morgan fingerprint density at radius 3 is 2.65 bits per heavy atom. The van der Waals surface area contributed by atoms with Crippen molar-refractivity contribution in [3.8, 4) is 23.1 Å². The van der Waals surface area contributed by atoms with Crippen molar-refractivity contribution >= 4 is 11.6 Å². The fourth-order valence-electron chi connectivity index (χ4n) is 1.55. The lowest BCUT2D eigenvalue weighted by atomic mass is 10.2. The van der Waals surface area contributed by atoms with Crippen LogP contribution in [-0.2, 0) is 0 Å².